The summed E-state index contributed by atoms with van der Waals surface area (Å²) in [5, 5.41) is 7.06. The van der Waals surface area contributed by atoms with Crippen LogP contribution in [0.15, 0.2) is 82.4 Å². The number of rotatable bonds is 9. The number of carbonyl (C=O) groups is 1. The number of hydrogen-bond acceptors (Lipinski definition) is 5. The van der Waals surface area contributed by atoms with Crippen molar-refractivity contribution in [3.8, 4) is 11.5 Å². The van der Waals surface area contributed by atoms with Crippen molar-refractivity contribution >= 4 is 33.7 Å². The quantitative estimate of drug-likeness (QED) is 0.356. The molecule has 0 aliphatic heterocycles. The van der Waals surface area contributed by atoms with Gasteiger partial charge in [0.05, 0.1) is 19.0 Å². The minimum atomic E-state index is -0.204. The fourth-order valence-corrected chi connectivity index (χ4v) is 3.01. The van der Waals surface area contributed by atoms with Crippen LogP contribution in [0.1, 0.15) is 11.1 Å². The van der Waals surface area contributed by atoms with E-state index >= 15 is 0 Å². The van der Waals surface area contributed by atoms with Gasteiger partial charge in [0.15, 0.2) is 18.1 Å². The summed E-state index contributed by atoms with van der Waals surface area (Å²) in [6, 6.07) is 22.8. The van der Waals surface area contributed by atoms with E-state index in [9.17, 15) is 4.79 Å². The van der Waals surface area contributed by atoms with E-state index in [0.29, 0.717) is 18.0 Å². The second kappa shape index (κ2) is 11.0. The summed E-state index contributed by atoms with van der Waals surface area (Å²) in [5.41, 5.74) is 5.70. The van der Waals surface area contributed by atoms with Gasteiger partial charge in [0.25, 0.3) is 5.91 Å². The molecule has 0 bridgehead atoms. The molecule has 0 aliphatic carbocycles. The molecule has 0 saturated heterocycles. The number of amides is 1. The van der Waals surface area contributed by atoms with Gasteiger partial charge in [-0.05, 0) is 47.5 Å². The first-order valence-corrected chi connectivity index (χ1v) is 10.1. The number of benzene rings is 3. The maximum atomic E-state index is 12.0. The molecule has 7 heteroatoms. The minimum Gasteiger partial charge on any atom is -0.493 e. The maximum absolute atomic E-state index is 12.0. The Bertz CT molecular complexity index is 1010. The van der Waals surface area contributed by atoms with E-state index in [1.807, 2.05) is 60.7 Å². The lowest BCUT2D eigenvalue weighted by molar-refractivity contribution is -0.123. The molecule has 3 rings (SSSR count). The van der Waals surface area contributed by atoms with Crippen molar-refractivity contribution in [2.75, 3.05) is 19.1 Å². The van der Waals surface area contributed by atoms with Gasteiger partial charge >= 0.3 is 0 Å². The third kappa shape index (κ3) is 6.63. The smallest absolute Gasteiger partial charge is 0.258 e. The minimum absolute atomic E-state index is 0.0962. The first kappa shape index (κ1) is 21.4. The molecule has 0 atom stereocenters. The van der Waals surface area contributed by atoms with Crippen molar-refractivity contribution in [3.63, 3.8) is 0 Å². The lowest BCUT2D eigenvalue weighted by Gasteiger charge is -2.11. The molecule has 0 heterocycles. The number of hydrazone groups is 1. The zero-order valence-corrected chi connectivity index (χ0v) is 18.1. The maximum Gasteiger partial charge on any atom is 0.258 e. The first-order chi connectivity index (χ1) is 14.6. The summed E-state index contributed by atoms with van der Waals surface area (Å²) in [5.74, 6) is 0.812. The highest BCUT2D eigenvalue weighted by Crippen LogP contribution is 2.27. The number of methoxy groups -OCH3 is 1. The molecule has 6 nitrogen and oxygen atoms in total. The van der Waals surface area contributed by atoms with Gasteiger partial charge in [0.2, 0.25) is 0 Å². The van der Waals surface area contributed by atoms with Gasteiger partial charge < -0.3 is 14.8 Å². The van der Waals surface area contributed by atoms with E-state index in [2.05, 4.69) is 31.8 Å². The molecule has 0 fully saturated rings. The molecule has 3 aromatic carbocycles. The molecule has 3 aromatic rings. The summed E-state index contributed by atoms with van der Waals surface area (Å²) < 4.78 is 12.0. The van der Waals surface area contributed by atoms with Crippen LogP contribution in [0.5, 0.6) is 11.5 Å². The molecule has 0 radical (unpaired) electrons. The number of nitrogens with zero attached hydrogens (tertiary/aromatic N) is 1. The SMILES string of the molecule is COc1cc(/C=N/Nc2cccc(Br)c2)ccc1OCC(=O)NCc1ccccc1. The van der Waals surface area contributed by atoms with E-state index in [-0.39, 0.29) is 12.5 Å². The lowest BCUT2D eigenvalue weighted by Crippen LogP contribution is -2.28. The van der Waals surface area contributed by atoms with Crippen LogP contribution in [0.25, 0.3) is 0 Å². The van der Waals surface area contributed by atoms with Crippen molar-refractivity contribution in [1.82, 2.24) is 5.32 Å². The molecule has 1 amide bonds. The van der Waals surface area contributed by atoms with Crippen LogP contribution in [0, 0.1) is 0 Å². The van der Waals surface area contributed by atoms with E-state index in [1.54, 1.807) is 25.5 Å². The number of anilines is 1. The third-order valence-electron chi connectivity index (χ3n) is 4.11. The normalized spacial score (nSPS) is 10.6. The largest absolute Gasteiger partial charge is 0.493 e. The van der Waals surface area contributed by atoms with Crippen molar-refractivity contribution in [2.24, 2.45) is 5.10 Å². The predicted octanol–water partition coefficient (Wildman–Crippen LogP) is 4.60. The Morgan fingerprint density at radius 1 is 1.03 bits per heavy atom. The topological polar surface area (TPSA) is 71.9 Å². The Kier molecular flexibility index (Phi) is 7.86. The number of ether oxygens (including phenoxy) is 2. The highest BCUT2D eigenvalue weighted by Gasteiger charge is 2.08. The Balaban J connectivity index is 1.53. The molecule has 0 aromatic heterocycles. The van der Waals surface area contributed by atoms with Gasteiger partial charge in [-0.15, -0.1) is 0 Å². The van der Waals surface area contributed by atoms with Gasteiger partial charge in [-0.1, -0.05) is 52.3 Å². The number of nitrogens with one attached hydrogen (secondary N) is 2. The zero-order valence-electron chi connectivity index (χ0n) is 16.5. The Hall–Kier alpha value is -3.32. The van der Waals surface area contributed by atoms with Gasteiger partial charge in [0.1, 0.15) is 0 Å². The first-order valence-electron chi connectivity index (χ1n) is 9.30. The average Bonchev–Trinajstić information content (AvgIpc) is 2.77. The van der Waals surface area contributed by atoms with Gasteiger partial charge in [0, 0.05) is 11.0 Å². The molecular weight excluding hydrogens is 446 g/mol. The second-order valence-corrected chi connectivity index (χ2v) is 7.26. The van der Waals surface area contributed by atoms with Crippen LogP contribution in [0.3, 0.4) is 0 Å². The Morgan fingerprint density at radius 2 is 1.87 bits per heavy atom. The summed E-state index contributed by atoms with van der Waals surface area (Å²) in [4.78, 5) is 12.0. The van der Waals surface area contributed by atoms with Gasteiger partial charge in [-0.25, -0.2) is 0 Å². The van der Waals surface area contributed by atoms with E-state index in [4.69, 9.17) is 9.47 Å². The van der Waals surface area contributed by atoms with Crippen LogP contribution in [-0.4, -0.2) is 25.8 Å². The zero-order chi connectivity index (χ0) is 21.2. The second-order valence-electron chi connectivity index (χ2n) is 6.34. The van der Waals surface area contributed by atoms with Crippen molar-refractivity contribution < 1.29 is 14.3 Å². The van der Waals surface area contributed by atoms with E-state index in [1.165, 1.54) is 0 Å². The van der Waals surface area contributed by atoms with Crippen LogP contribution in [0.4, 0.5) is 5.69 Å². The molecule has 0 saturated carbocycles. The summed E-state index contributed by atoms with van der Waals surface area (Å²) >= 11 is 3.42. The Morgan fingerprint density at radius 3 is 2.63 bits per heavy atom. The Labute approximate surface area is 184 Å². The molecular formula is C23H22BrN3O3. The molecule has 0 spiro atoms. The number of carbonyl (C=O) groups excluding carboxylic acids is 1. The third-order valence-corrected chi connectivity index (χ3v) is 4.60. The summed E-state index contributed by atoms with van der Waals surface area (Å²) in [7, 11) is 1.55. The number of hydrogen-bond donors (Lipinski definition) is 2. The van der Waals surface area contributed by atoms with Crippen LogP contribution >= 0.6 is 15.9 Å². The fourth-order valence-electron chi connectivity index (χ4n) is 2.61. The van der Waals surface area contributed by atoms with Crippen LogP contribution < -0.4 is 20.2 Å². The van der Waals surface area contributed by atoms with Crippen molar-refractivity contribution in [3.05, 3.63) is 88.4 Å². The molecule has 0 unspecified atom stereocenters. The average molecular weight is 468 g/mol. The summed E-state index contributed by atoms with van der Waals surface area (Å²) in [6.07, 6.45) is 1.68. The standard InChI is InChI=1S/C23H22BrN3O3/c1-29-22-12-18(15-26-27-20-9-5-8-19(24)13-20)10-11-21(22)30-16-23(28)25-14-17-6-3-2-4-7-17/h2-13,15,27H,14,16H2,1H3,(H,25,28)/b26-15+. The molecule has 2 N–H and O–H groups in total. The summed E-state index contributed by atoms with van der Waals surface area (Å²) in [6.45, 7) is 0.363. The molecule has 0 aliphatic rings. The van der Waals surface area contributed by atoms with Crippen LogP contribution in [0.2, 0.25) is 0 Å². The highest BCUT2D eigenvalue weighted by molar-refractivity contribution is 9.10. The monoisotopic (exact) mass is 467 g/mol. The van der Waals surface area contributed by atoms with Gasteiger partial charge in [-0.3, -0.25) is 10.2 Å². The van der Waals surface area contributed by atoms with Gasteiger partial charge in [-0.2, -0.15) is 5.10 Å². The number of halogens is 1. The van der Waals surface area contributed by atoms with Crippen molar-refractivity contribution in [2.45, 2.75) is 6.54 Å². The molecule has 154 valence electrons. The lowest BCUT2D eigenvalue weighted by atomic mass is 10.2. The highest BCUT2D eigenvalue weighted by atomic mass is 79.9. The fraction of sp³-hybridized carbons (Fsp3) is 0.130. The molecule has 30 heavy (non-hydrogen) atoms. The van der Waals surface area contributed by atoms with Crippen molar-refractivity contribution in [1.29, 1.82) is 0 Å². The van der Waals surface area contributed by atoms with Crippen LogP contribution in [-0.2, 0) is 11.3 Å². The van der Waals surface area contributed by atoms with E-state index < -0.39 is 0 Å². The van der Waals surface area contributed by atoms with E-state index in [0.717, 1.165) is 21.3 Å². The predicted molar refractivity (Wildman–Crippen MR) is 122 cm³/mol.